The normalized spacial score (nSPS) is 10.4. The van der Waals surface area contributed by atoms with Crippen LogP contribution in [-0.4, -0.2) is 10.1 Å². The summed E-state index contributed by atoms with van der Waals surface area (Å²) in [5.41, 5.74) is 7.69. The number of nitrogens with zero attached hydrogens (tertiary/aromatic N) is 2. The summed E-state index contributed by atoms with van der Waals surface area (Å²) < 4.78 is 5.17. The molecule has 0 fully saturated rings. The average molecular weight is 226 g/mol. The quantitative estimate of drug-likeness (QED) is 0.672. The summed E-state index contributed by atoms with van der Waals surface area (Å²) in [6, 6.07) is 11.4. The lowest BCUT2D eigenvalue weighted by molar-refractivity contribution is 0.460. The first-order valence-electron chi connectivity index (χ1n) is 5.20. The molecule has 2 aromatic heterocycles. The molecule has 0 aliphatic heterocycles. The second-order valence-electron chi connectivity index (χ2n) is 3.51. The number of pyridine rings is 1. The lowest BCUT2D eigenvalue weighted by Gasteiger charge is -2.05. The summed E-state index contributed by atoms with van der Waals surface area (Å²) in [6.45, 7) is 0. The van der Waals surface area contributed by atoms with Gasteiger partial charge in [-0.2, -0.15) is 0 Å². The number of fused-ring (bicyclic) bond motifs is 1. The van der Waals surface area contributed by atoms with Crippen LogP contribution in [0, 0.1) is 0 Å². The van der Waals surface area contributed by atoms with Gasteiger partial charge in [0.15, 0.2) is 11.4 Å². The number of aromatic nitrogens is 2. The Hall–Kier alpha value is -2.56. The maximum atomic E-state index is 5.17. The molecule has 0 radical (unpaired) electrons. The summed E-state index contributed by atoms with van der Waals surface area (Å²) in [4.78, 5) is 3.94. The summed E-state index contributed by atoms with van der Waals surface area (Å²) in [5.74, 6) is 0.664. The molecule has 84 valence electrons. The number of rotatable bonds is 3. The van der Waals surface area contributed by atoms with Crippen molar-refractivity contribution in [3.63, 3.8) is 0 Å². The van der Waals surface area contributed by atoms with Crippen molar-refractivity contribution >= 4 is 22.5 Å². The third-order valence-electron chi connectivity index (χ3n) is 2.38. The van der Waals surface area contributed by atoms with E-state index in [9.17, 15) is 0 Å². The number of anilines is 2. The van der Waals surface area contributed by atoms with Crippen molar-refractivity contribution in [1.82, 2.24) is 10.1 Å². The first kappa shape index (κ1) is 9.65. The number of para-hydroxylation sites is 1. The fraction of sp³-hybridized carbons (Fsp3) is 0. The fourth-order valence-corrected chi connectivity index (χ4v) is 1.54. The van der Waals surface area contributed by atoms with Crippen LogP contribution >= 0.6 is 0 Å². The van der Waals surface area contributed by atoms with Gasteiger partial charge in [-0.25, -0.2) is 0 Å². The van der Waals surface area contributed by atoms with Gasteiger partial charge in [0.1, 0.15) is 0 Å². The maximum absolute atomic E-state index is 5.17. The van der Waals surface area contributed by atoms with Crippen LogP contribution in [-0.2, 0) is 0 Å². The minimum atomic E-state index is 0.664. The van der Waals surface area contributed by atoms with Crippen molar-refractivity contribution in [2.24, 2.45) is 0 Å². The van der Waals surface area contributed by atoms with E-state index in [-0.39, 0.29) is 0 Å². The third-order valence-corrected chi connectivity index (χ3v) is 2.38. The SMILES string of the molecule is c1ccc2c(NNc3ccncc3)noc2c1. The van der Waals surface area contributed by atoms with Gasteiger partial charge < -0.3 is 4.52 Å². The van der Waals surface area contributed by atoms with Gasteiger partial charge >= 0.3 is 0 Å². The van der Waals surface area contributed by atoms with Crippen LogP contribution < -0.4 is 10.9 Å². The van der Waals surface area contributed by atoms with E-state index in [4.69, 9.17) is 4.52 Å². The van der Waals surface area contributed by atoms with Crippen LogP contribution in [0.3, 0.4) is 0 Å². The number of hydrazine groups is 1. The van der Waals surface area contributed by atoms with E-state index in [1.165, 1.54) is 0 Å². The zero-order valence-corrected chi connectivity index (χ0v) is 8.92. The van der Waals surface area contributed by atoms with Gasteiger partial charge in [-0.15, -0.1) is 0 Å². The molecule has 0 bridgehead atoms. The van der Waals surface area contributed by atoms with Crippen molar-refractivity contribution in [2.45, 2.75) is 0 Å². The molecule has 0 atom stereocenters. The molecular formula is C12H10N4O. The molecule has 0 saturated heterocycles. The standard InChI is InChI=1S/C12H10N4O/c1-2-4-11-10(3-1)12(16-17-11)15-14-9-5-7-13-8-6-9/h1-8H,(H,13,14)(H,15,16). The van der Waals surface area contributed by atoms with Gasteiger partial charge in [0, 0.05) is 12.4 Å². The van der Waals surface area contributed by atoms with Gasteiger partial charge in [-0.05, 0) is 24.3 Å². The highest BCUT2D eigenvalue weighted by Gasteiger charge is 2.05. The molecule has 0 unspecified atom stereocenters. The highest BCUT2D eigenvalue weighted by Crippen LogP contribution is 2.21. The number of hydrogen-bond acceptors (Lipinski definition) is 5. The van der Waals surface area contributed by atoms with Crippen molar-refractivity contribution in [3.05, 3.63) is 48.8 Å². The summed E-state index contributed by atoms with van der Waals surface area (Å²) in [6.07, 6.45) is 3.43. The lowest BCUT2D eigenvalue weighted by Crippen LogP contribution is -2.08. The Balaban J connectivity index is 1.82. The summed E-state index contributed by atoms with van der Waals surface area (Å²) >= 11 is 0. The summed E-state index contributed by atoms with van der Waals surface area (Å²) in [7, 11) is 0. The Morgan fingerprint density at radius 1 is 0.941 bits per heavy atom. The first-order valence-corrected chi connectivity index (χ1v) is 5.20. The maximum Gasteiger partial charge on any atom is 0.195 e. The Kier molecular flexibility index (Phi) is 2.34. The van der Waals surface area contributed by atoms with E-state index in [1.807, 2.05) is 36.4 Å². The van der Waals surface area contributed by atoms with E-state index < -0.39 is 0 Å². The predicted octanol–water partition coefficient (Wildman–Crippen LogP) is 2.66. The van der Waals surface area contributed by atoms with Crippen molar-refractivity contribution in [2.75, 3.05) is 10.9 Å². The Morgan fingerprint density at radius 3 is 2.65 bits per heavy atom. The molecule has 1 aromatic carbocycles. The second kappa shape index (κ2) is 4.13. The highest BCUT2D eigenvalue weighted by atomic mass is 16.5. The minimum Gasteiger partial charge on any atom is -0.354 e. The monoisotopic (exact) mass is 226 g/mol. The van der Waals surface area contributed by atoms with Crippen molar-refractivity contribution in [3.8, 4) is 0 Å². The molecule has 3 rings (SSSR count). The molecular weight excluding hydrogens is 216 g/mol. The Labute approximate surface area is 97.4 Å². The average Bonchev–Trinajstić information content (AvgIpc) is 2.81. The fourth-order valence-electron chi connectivity index (χ4n) is 1.54. The molecule has 0 saturated carbocycles. The predicted molar refractivity (Wildman–Crippen MR) is 65.5 cm³/mol. The molecule has 17 heavy (non-hydrogen) atoms. The molecule has 5 heteroatoms. The minimum absolute atomic E-state index is 0.664. The molecule has 2 N–H and O–H groups in total. The molecule has 2 heterocycles. The Morgan fingerprint density at radius 2 is 1.76 bits per heavy atom. The lowest BCUT2D eigenvalue weighted by atomic mass is 10.2. The van der Waals surface area contributed by atoms with Crippen LogP contribution in [0.2, 0.25) is 0 Å². The zero-order valence-electron chi connectivity index (χ0n) is 8.92. The number of benzene rings is 1. The molecule has 5 nitrogen and oxygen atoms in total. The van der Waals surface area contributed by atoms with E-state index in [0.29, 0.717) is 5.82 Å². The second-order valence-corrected chi connectivity index (χ2v) is 3.51. The topological polar surface area (TPSA) is 63.0 Å². The zero-order chi connectivity index (χ0) is 11.5. The van der Waals surface area contributed by atoms with Crippen molar-refractivity contribution in [1.29, 1.82) is 0 Å². The van der Waals surface area contributed by atoms with Gasteiger partial charge in [-0.1, -0.05) is 17.3 Å². The van der Waals surface area contributed by atoms with Crippen molar-refractivity contribution < 1.29 is 4.52 Å². The van der Waals surface area contributed by atoms with Gasteiger partial charge in [0.05, 0.1) is 11.1 Å². The molecule has 0 aliphatic rings. The molecule has 0 spiro atoms. The van der Waals surface area contributed by atoms with E-state index in [1.54, 1.807) is 12.4 Å². The largest absolute Gasteiger partial charge is 0.354 e. The van der Waals surface area contributed by atoms with E-state index in [2.05, 4.69) is 21.0 Å². The Bertz CT molecular complexity index is 620. The molecule has 0 aliphatic carbocycles. The van der Waals surface area contributed by atoms with Crippen LogP contribution in [0.25, 0.3) is 11.0 Å². The van der Waals surface area contributed by atoms with Crippen LogP contribution in [0.4, 0.5) is 11.5 Å². The van der Waals surface area contributed by atoms with Gasteiger partial charge in [0.2, 0.25) is 0 Å². The van der Waals surface area contributed by atoms with Crippen LogP contribution in [0.15, 0.2) is 53.3 Å². The van der Waals surface area contributed by atoms with E-state index in [0.717, 1.165) is 16.7 Å². The summed E-state index contributed by atoms with van der Waals surface area (Å²) in [5, 5.41) is 4.89. The smallest absolute Gasteiger partial charge is 0.195 e. The number of hydrogen-bond donors (Lipinski definition) is 2. The van der Waals surface area contributed by atoms with Gasteiger partial charge in [-0.3, -0.25) is 15.8 Å². The van der Waals surface area contributed by atoms with Crippen LogP contribution in [0.5, 0.6) is 0 Å². The first-order chi connectivity index (χ1) is 8.43. The molecule has 0 amide bonds. The molecule has 3 aromatic rings. The third kappa shape index (κ3) is 1.90. The number of nitrogens with one attached hydrogen (secondary N) is 2. The van der Waals surface area contributed by atoms with E-state index >= 15 is 0 Å². The highest BCUT2D eigenvalue weighted by molar-refractivity contribution is 5.88. The van der Waals surface area contributed by atoms with Gasteiger partial charge in [0.25, 0.3) is 0 Å². The van der Waals surface area contributed by atoms with Crippen LogP contribution in [0.1, 0.15) is 0 Å².